The summed E-state index contributed by atoms with van der Waals surface area (Å²) in [6, 6.07) is 10.7. The second-order valence-corrected chi connectivity index (χ2v) is 5.75. The van der Waals surface area contributed by atoms with E-state index in [-0.39, 0.29) is 5.82 Å². The first-order valence-corrected chi connectivity index (χ1v) is 7.74. The first-order chi connectivity index (χ1) is 10.6. The molecule has 1 aliphatic rings. The lowest BCUT2D eigenvalue weighted by molar-refractivity contribution is 0.430. The van der Waals surface area contributed by atoms with Gasteiger partial charge in [-0.15, -0.1) is 0 Å². The van der Waals surface area contributed by atoms with E-state index in [9.17, 15) is 13.2 Å². The molecule has 0 N–H and O–H groups in total. The van der Waals surface area contributed by atoms with E-state index in [4.69, 9.17) is 0 Å². The summed E-state index contributed by atoms with van der Waals surface area (Å²) in [5.41, 5.74) is 1.40. The molecule has 0 atom stereocenters. The zero-order valence-corrected chi connectivity index (χ0v) is 12.8. The van der Waals surface area contributed by atoms with E-state index >= 15 is 0 Å². The molecular weight excluding hydrogens is 285 g/mol. The molecule has 0 nitrogen and oxygen atoms in total. The molecular formula is C19H21F3. The van der Waals surface area contributed by atoms with E-state index in [0.29, 0.717) is 11.5 Å². The summed E-state index contributed by atoms with van der Waals surface area (Å²) in [4.78, 5) is 0. The van der Waals surface area contributed by atoms with Gasteiger partial charge in [0.2, 0.25) is 0 Å². The van der Waals surface area contributed by atoms with Crippen molar-refractivity contribution in [3.63, 3.8) is 0 Å². The van der Waals surface area contributed by atoms with Gasteiger partial charge >= 0.3 is 0 Å². The van der Waals surface area contributed by atoms with Gasteiger partial charge < -0.3 is 0 Å². The standard InChI is InChI=1S/C12H15F.C7H6F2/c13-12-9-5-4-8-11(12)10-6-2-1-3-7-10;1-5-2-3-6(8)4-7(5)9/h4-5,8-10H,1-3,6-7H2;2-4H,1H3. The lowest BCUT2D eigenvalue weighted by Crippen LogP contribution is -2.06. The van der Waals surface area contributed by atoms with Gasteiger partial charge in [-0.1, -0.05) is 43.5 Å². The Kier molecular flexibility index (Phi) is 6.05. The van der Waals surface area contributed by atoms with Crippen molar-refractivity contribution < 1.29 is 13.2 Å². The van der Waals surface area contributed by atoms with Gasteiger partial charge in [0.25, 0.3) is 0 Å². The summed E-state index contributed by atoms with van der Waals surface area (Å²) >= 11 is 0. The molecule has 0 bridgehead atoms. The van der Waals surface area contributed by atoms with E-state index in [1.165, 1.54) is 44.2 Å². The average molecular weight is 306 g/mol. The maximum Gasteiger partial charge on any atom is 0.129 e. The molecule has 0 aliphatic heterocycles. The second kappa shape index (κ2) is 8.02. The topological polar surface area (TPSA) is 0 Å². The quantitative estimate of drug-likeness (QED) is 0.593. The summed E-state index contributed by atoms with van der Waals surface area (Å²) in [5.74, 6) is -0.558. The van der Waals surface area contributed by atoms with Crippen molar-refractivity contribution in [2.24, 2.45) is 0 Å². The summed E-state index contributed by atoms with van der Waals surface area (Å²) in [5, 5.41) is 0. The fourth-order valence-corrected chi connectivity index (χ4v) is 2.79. The van der Waals surface area contributed by atoms with Crippen LogP contribution in [0.15, 0.2) is 42.5 Å². The highest BCUT2D eigenvalue weighted by Crippen LogP contribution is 2.33. The van der Waals surface area contributed by atoms with Gasteiger partial charge in [-0.05, 0) is 48.9 Å². The van der Waals surface area contributed by atoms with E-state index in [1.807, 2.05) is 12.1 Å². The molecule has 0 radical (unpaired) electrons. The van der Waals surface area contributed by atoms with Crippen LogP contribution in [-0.4, -0.2) is 0 Å². The van der Waals surface area contributed by atoms with Crippen LogP contribution in [0.3, 0.4) is 0 Å². The second-order valence-electron chi connectivity index (χ2n) is 5.75. The zero-order valence-electron chi connectivity index (χ0n) is 12.8. The molecule has 22 heavy (non-hydrogen) atoms. The van der Waals surface area contributed by atoms with E-state index in [0.717, 1.165) is 11.6 Å². The van der Waals surface area contributed by atoms with Crippen molar-refractivity contribution in [3.05, 3.63) is 71.0 Å². The van der Waals surface area contributed by atoms with Crippen LogP contribution in [0.5, 0.6) is 0 Å². The Morgan fingerprint density at radius 3 is 2.09 bits per heavy atom. The summed E-state index contributed by atoms with van der Waals surface area (Å²) in [7, 11) is 0. The van der Waals surface area contributed by atoms with Crippen molar-refractivity contribution in [2.75, 3.05) is 0 Å². The van der Waals surface area contributed by atoms with E-state index in [2.05, 4.69) is 0 Å². The van der Waals surface area contributed by atoms with Gasteiger partial charge in [0.15, 0.2) is 0 Å². The molecule has 3 rings (SSSR count). The molecule has 3 heteroatoms. The SMILES string of the molecule is Cc1ccc(F)cc1F.Fc1ccccc1C1CCCCC1. The molecule has 1 saturated carbocycles. The minimum Gasteiger partial charge on any atom is -0.207 e. The van der Waals surface area contributed by atoms with Gasteiger partial charge in [0.1, 0.15) is 17.5 Å². The first kappa shape index (κ1) is 16.6. The van der Waals surface area contributed by atoms with Crippen molar-refractivity contribution in [1.29, 1.82) is 0 Å². The van der Waals surface area contributed by atoms with Crippen LogP contribution in [0.4, 0.5) is 13.2 Å². The monoisotopic (exact) mass is 306 g/mol. The van der Waals surface area contributed by atoms with Crippen LogP contribution < -0.4 is 0 Å². The molecule has 0 heterocycles. The average Bonchev–Trinajstić information content (AvgIpc) is 2.53. The predicted octanol–water partition coefficient (Wildman–Crippen LogP) is 6.15. The van der Waals surface area contributed by atoms with Crippen molar-refractivity contribution in [2.45, 2.75) is 44.9 Å². The van der Waals surface area contributed by atoms with Crippen LogP contribution in [-0.2, 0) is 0 Å². The maximum absolute atomic E-state index is 13.4. The predicted molar refractivity (Wildman–Crippen MR) is 83.3 cm³/mol. The molecule has 2 aromatic rings. The molecule has 2 aromatic carbocycles. The number of aryl methyl sites for hydroxylation is 1. The normalized spacial score (nSPS) is 15.1. The van der Waals surface area contributed by atoms with Gasteiger partial charge in [0, 0.05) is 6.07 Å². The van der Waals surface area contributed by atoms with Gasteiger partial charge in [-0.2, -0.15) is 0 Å². The van der Waals surface area contributed by atoms with E-state index in [1.54, 1.807) is 19.1 Å². The third-order valence-electron chi connectivity index (χ3n) is 4.08. The Morgan fingerprint density at radius 2 is 1.50 bits per heavy atom. The highest BCUT2D eigenvalue weighted by Gasteiger charge is 2.17. The third-order valence-corrected chi connectivity index (χ3v) is 4.08. The van der Waals surface area contributed by atoms with Crippen LogP contribution in [0.1, 0.15) is 49.1 Å². The highest BCUT2D eigenvalue weighted by molar-refractivity contribution is 5.22. The number of benzene rings is 2. The molecule has 118 valence electrons. The van der Waals surface area contributed by atoms with Crippen LogP contribution in [0, 0.1) is 24.4 Å². The smallest absolute Gasteiger partial charge is 0.129 e. The largest absolute Gasteiger partial charge is 0.207 e. The Morgan fingerprint density at radius 1 is 0.818 bits per heavy atom. The van der Waals surface area contributed by atoms with Gasteiger partial charge in [-0.25, -0.2) is 13.2 Å². The first-order valence-electron chi connectivity index (χ1n) is 7.74. The summed E-state index contributed by atoms with van der Waals surface area (Å²) in [6.07, 6.45) is 6.19. The van der Waals surface area contributed by atoms with Gasteiger partial charge in [-0.3, -0.25) is 0 Å². The Labute approximate surface area is 130 Å². The lowest BCUT2D eigenvalue weighted by atomic mass is 9.84. The van der Waals surface area contributed by atoms with Crippen LogP contribution >= 0.6 is 0 Å². The Balaban J connectivity index is 0.000000172. The number of rotatable bonds is 1. The van der Waals surface area contributed by atoms with Crippen molar-refractivity contribution in [3.8, 4) is 0 Å². The zero-order chi connectivity index (χ0) is 15.9. The number of hydrogen-bond donors (Lipinski definition) is 0. The molecule has 0 unspecified atom stereocenters. The molecule has 0 saturated heterocycles. The highest BCUT2D eigenvalue weighted by atomic mass is 19.1. The fraction of sp³-hybridized carbons (Fsp3) is 0.368. The summed E-state index contributed by atoms with van der Waals surface area (Å²) in [6.45, 7) is 1.59. The molecule has 0 spiro atoms. The van der Waals surface area contributed by atoms with Crippen LogP contribution in [0.2, 0.25) is 0 Å². The lowest BCUT2D eigenvalue weighted by Gasteiger charge is -2.22. The van der Waals surface area contributed by atoms with Gasteiger partial charge in [0.05, 0.1) is 0 Å². The van der Waals surface area contributed by atoms with Crippen LogP contribution in [0.25, 0.3) is 0 Å². The minimum absolute atomic E-state index is 0.0191. The van der Waals surface area contributed by atoms with Crippen molar-refractivity contribution in [1.82, 2.24) is 0 Å². The molecule has 0 aromatic heterocycles. The Bertz CT molecular complexity index is 601. The number of halogens is 3. The fourth-order valence-electron chi connectivity index (χ4n) is 2.79. The number of hydrogen-bond acceptors (Lipinski definition) is 0. The third kappa shape index (κ3) is 4.62. The van der Waals surface area contributed by atoms with E-state index < -0.39 is 11.6 Å². The molecule has 1 fully saturated rings. The minimum atomic E-state index is -0.530. The summed E-state index contributed by atoms with van der Waals surface area (Å²) < 4.78 is 37.8. The molecule has 0 amide bonds. The Hall–Kier alpha value is -1.77. The maximum atomic E-state index is 13.4. The molecule has 1 aliphatic carbocycles. The van der Waals surface area contributed by atoms with Crippen molar-refractivity contribution >= 4 is 0 Å².